The van der Waals surface area contributed by atoms with Crippen molar-refractivity contribution in [2.45, 2.75) is 19.4 Å². The minimum absolute atomic E-state index is 0.0808. The van der Waals surface area contributed by atoms with E-state index in [9.17, 15) is 14.4 Å². The Morgan fingerprint density at radius 2 is 2.19 bits per heavy atom. The lowest BCUT2D eigenvalue weighted by Crippen LogP contribution is -2.52. The van der Waals surface area contributed by atoms with Crippen molar-refractivity contribution in [3.8, 4) is 0 Å². The molecule has 0 saturated carbocycles. The molecule has 1 aliphatic rings. The quantitative estimate of drug-likeness (QED) is 0.698. The summed E-state index contributed by atoms with van der Waals surface area (Å²) < 4.78 is 0. The lowest BCUT2D eigenvalue weighted by Gasteiger charge is -2.22. The Labute approximate surface area is 97.4 Å². The molecule has 16 heavy (non-hydrogen) atoms. The van der Waals surface area contributed by atoms with E-state index in [1.165, 1.54) is 30.5 Å². The van der Waals surface area contributed by atoms with Crippen molar-refractivity contribution in [3.05, 3.63) is 0 Å². The van der Waals surface area contributed by atoms with Crippen LogP contribution in [0.4, 0.5) is 0 Å². The molecule has 90 valence electrons. The first-order valence-electron chi connectivity index (χ1n) is 4.73. The number of carboxylic acids is 1. The van der Waals surface area contributed by atoms with Crippen LogP contribution < -0.4 is 5.32 Å². The van der Waals surface area contributed by atoms with Crippen LogP contribution in [-0.4, -0.2) is 51.5 Å². The zero-order valence-electron chi connectivity index (χ0n) is 9.15. The summed E-state index contributed by atoms with van der Waals surface area (Å²) in [7, 11) is 0. The predicted octanol–water partition coefficient (Wildman–Crippen LogP) is -0.501. The van der Waals surface area contributed by atoms with Crippen LogP contribution in [0.5, 0.6) is 0 Å². The number of amides is 2. The average molecular weight is 246 g/mol. The van der Waals surface area contributed by atoms with Crippen molar-refractivity contribution < 1.29 is 19.5 Å². The van der Waals surface area contributed by atoms with Gasteiger partial charge in [-0.25, -0.2) is 4.79 Å². The number of rotatable bonds is 4. The molecule has 1 rings (SSSR count). The molecule has 0 aromatic heterocycles. The van der Waals surface area contributed by atoms with Crippen LogP contribution in [0.1, 0.15) is 13.8 Å². The smallest absolute Gasteiger partial charge is 0.328 e. The first-order valence-corrected chi connectivity index (χ1v) is 5.88. The maximum Gasteiger partial charge on any atom is 0.328 e. The summed E-state index contributed by atoms with van der Waals surface area (Å²) in [5.74, 6) is -0.783. The summed E-state index contributed by atoms with van der Waals surface area (Å²) in [5, 5.41) is 11.2. The number of nitrogens with one attached hydrogen (secondary N) is 1. The molecule has 0 aromatic carbocycles. The number of carboxylic acid groups (broad SMARTS) is 1. The van der Waals surface area contributed by atoms with Crippen molar-refractivity contribution in [1.29, 1.82) is 0 Å². The van der Waals surface area contributed by atoms with Gasteiger partial charge in [-0.1, -0.05) is 0 Å². The van der Waals surface area contributed by atoms with Crippen LogP contribution in [0, 0.1) is 0 Å². The molecule has 0 unspecified atom stereocenters. The van der Waals surface area contributed by atoms with Crippen molar-refractivity contribution in [2.24, 2.45) is 0 Å². The van der Waals surface area contributed by atoms with Crippen molar-refractivity contribution in [2.75, 3.05) is 18.2 Å². The molecule has 0 spiro atoms. The number of nitrogens with zero attached hydrogens (tertiary/aromatic N) is 1. The second kappa shape index (κ2) is 4.73. The van der Waals surface area contributed by atoms with E-state index in [1.54, 1.807) is 0 Å². The Kier molecular flexibility index (Phi) is 3.79. The Hall–Kier alpha value is -1.24. The molecule has 0 bridgehead atoms. The summed E-state index contributed by atoms with van der Waals surface area (Å²) in [5.41, 5.74) is -1.31. The van der Waals surface area contributed by atoms with Gasteiger partial charge in [-0.2, -0.15) is 0 Å². The van der Waals surface area contributed by atoms with Crippen LogP contribution in [0.15, 0.2) is 0 Å². The number of aliphatic carboxylic acids is 1. The highest BCUT2D eigenvalue weighted by atomic mass is 32.2. The summed E-state index contributed by atoms with van der Waals surface area (Å²) in [6.45, 7) is 2.71. The third-order valence-corrected chi connectivity index (χ3v) is 3.09. The lowest BCUT2D eigenvalue weighted by atomic mass is 10.1. The second-order valence-electron chi connectivity index (χ2n) is 4.05. The number of hydrogen-bond donors (Lipinski definition) is 2. The van der Waals surface area contributed by atoms with E-state index >= 15 is 0 Å². The van der Waals surface area contributed by atoms with Gasteiger partial charge in [0, 0.05) is 0 Å². The van der Waals surface area contributed by atoms with Crippen LogP contribution in [0.25, 0.3) is 0 Å². The van der Waals surface area contributed by atoms with Crippen molar-refractivity contribution in [1.82, 2.24) is 10.2 Å². The fourth-order valence-electron chi connectivity index (χ4n) is 1.16. The number of carbonyl (C=O) groups excluding carboxylic acids is 2. The Morgan fingerprint density at radius 1 is 1.56 bits per heavy atom. The van der Waals surface area contributed by atoms with Crippen molar-refractivity contribution >= 4 is 29.5 Å². The van der Waals surface area contributed by atoms with E-state index in [4.69, 9.17) is 5.11 Å². The van der Waals surface area contributed by atoms with E-state index < -0.39 is 17.4 Å². The summed E-state index contributed by atoms with van der Waals surface area (Å²) in [4.78, 5) is 34.9. The molecule has 0 radical (unpaired) electrons. The zero-order valence-corrected chi connectivity index (χ0v) is 9.97. The van der Waals surface area contributed by atoms with Gasteiger partial charge in [0.15, 0.2) is 0 Å². The molecule has 6 nitrogen and oxygen atoms in total. The fraction of sp³-hybridized carbons (Fsp3) is 0.667. The number of hydrogen-bond acceptors (Lipinski definition) is 4. The highest BCUT2D eigenvalue weighted by molar-refractivity contribution is 8.00. The molecular formula is C9H14N2O4S. The minimum atomic E-state index is -1.31. The molecule has 0 atom stereocenters. The second-order valence-corrected chi connectivity index (χ2v) is 5.00. The Morgan fingerprint density at radius 3 is 2.62 bits per heavy atom. The first kappa shape index (κ1) is 12.8. The first-order chi connectivity index (χ1) is 7.33. The molecule has 2 N–H and O–H groups in total. The average Bonchev–Trinajstić information content (AvgIpc) is 2.50. The van der Waals surface area contributed by atoms with E-state index in [2.05, 4.69) is 5.32 Å². The highest BCUT2D eigenvalue weighted by Crippen LogP contribution is 2.14. The van der Waals surface area contributed by atoms with Gasteiger partial charge >= 0.3 is 5.97 Å². The number of thioether (sulfide) groups is 1. The largest absolute Gasteiger partial charge is 0.480 e. The molecule has 1 saturated heterocycles. The Balaban J connectivity index is 2.47. The van der Waals surface area contributed by atoms with E-state index in [0.717, 1.165) is 0 Å². The van der Waals surface area contributed by atoms with Crippen LogP contribution >= 0.6 is 11.8 Å². The molecule has 0 aliphatic carbocycles. The maximum atomic E-state index is 11.5. The zero-order chi connectivity index (χ0) is 12.3. The predicted molar refractivity (Wildman–Crippen MR) is 58.9 cm³/mol. The van der Waals surface area contributed by atoms with E-state index in [1.807, 2.05) is 0 Å². The standard InChI is InChI=1S/C9H14N2O4S/c1-9(2,8(14)15)10-6(12)3-11-5-16-4-7(11)13/h3-5H2,1-2H3,(H,10,12)(H,14,15). The van der Waals surface area contributed by atoms with Crippen LogP contribution in [-0.2, 0) is 14.4 Å². The summed E-state index contributed by atoms with van der Waals surface area (Å²) in [6.07, 6.45) is 0. The topological polar surface area (TPSA) is 86.7 Å². The van der Waals surface area contributed by atoms with Gasteiger partial charge in [-0.3, -0.25) is 9.59 Å². The number of carbonyl (C=O) groups is 3. The third kappa shape index (κ3) is 3.13. The molecule has 1 fully saturated rings. The highest BCUT2D eigenvalue weighted by Gasteiger charge is 2.30. The van der Waals surface area contributed by atoms with Gasteiger partial charge in [0.25, 0.3) is 0 Å². The molecular weight excluding hydrogens is 232 g/mol. The molecule has 1 aliphatic heterocycles. The summed E-state index contributed by atoms with van der Waals surface area (Å²) in [6, 6.07) is 0. The van der Waals surface area contributed by atoms with Gasteiger partial charge in [0.05, 0.1) is 11.6 Å². The van der Waals surface area contributed by atoms with Gasteiger partial charge in [0.2, 0.25) is 11.8 Å². The van der Waals surface area contributed by atoms with Gasteiger partial charge in [-0.05, 0) is 13.8 Å². The Bertz CT molecular complexity index is 329. The molecule has 0 aromatic rings. The van der Waals surface area contributed by atoms with E-state index in [0.29, 0.717) is 11.6 Å². The monoisotopic (exact) mass is 246 g/mol. The van der Waals surface area contributed by atoms with Gasteiger partial charge in [-0.15, -0.1) is 11.8 Å². The molecule has 2 amide bonds. The lowest BCUT2D eigenvalue weighted by molar-refractivity contribution is -0.146. The van der Waals surface area contributed by atoms with Crippen LogP contribution in [0.2, 0.25) is 0 Å². The minimum Gasteiger partial charge on any atom is -0.480 e. The third-order valence-electron chi connectivity index (χ3n) is 2.15. The molecule has 1 heterocycles. The van der Waals surface area contributed by atoms with Gasteiger partial charge in [0.1, 0.15) is 12.1 Å². The molecule has 7 heteroatoms. The van der Waals surface area contributed by atoms with E-state index in [-0.39, 0.29) is 12.5 Å². The normalized spacial score (nSPS) is 16.4. The maximum absolute atomic E-state index is 11.5. The SMILES string of the molecule is CC(C)(NC(=O)CN1CSCC1=O)C(=O)O. The van der Waals surface area contributed by atoms with Gasteiger partial charge < -0.3 is 15.3 Å². The van der Waals surface area contributed by atoms with Crippen molar-refractivity contribution in [3.63, 3.8) is 0 Å². The van der Waals surface area contributed by atoms with Crippen LogP contribution in [0.3, 0.4) is 0 Å². The summed E-state index contributed by atoms with van der Waals surface area (Å²) >= 11 is 1.44. The fourth-order valence-corrected chi connectivity index (χ4v) is 2.06.